The van der Waals surface area contributed by atoms with Gasteiger partial charge in [-0.1, -0.05) is 0 Å². The summed E-state index contributed by atoms with van der Waals surface area (Å²) >= 11 is 0. The van der Waals surface area contributed by atoms with Crippen LogP contribution in [0.15, 0.2) is 35.3 Å². The summed E-state index contributed by atoms with van der Waals surface area (Å²) in [5, 5.41) is 0. The highest BCUT2D eigenvalue weighted by Gasteiger charge is 2.30. The molecule has 1 saturated heterocycles. The van der Waals surface area contributed by atoms with Gasteiger partial charge in [0.1, 0.15) is 11.4 Å². The van der Waals surface area contributed by atoms with Gasteiger partial charge in [0, 0.05) is 51.6 Å². The van der Waals surface area contributed by atoms with Crippen LogP contribution in [0.25, 0.3) is 5.69 Å². The summed E-state index contributed by atoms with van der Waals surface area (Å²) in [6.45, 7) is 4.27. The smallest absolute Gasteiger partial charge is 0.268 e. The molecule has 2 amide bonds. The Morgan fingerprint density at radius 3 is 2.53 bits per heavy atom. The van der Waals surface area contributed by atoms with Crippen LogP contribution in [-0.2, 0) is 22.5 Å². The molecule has 0 N–H and O–H groups in total. The summed E-state index contributed by atoms with van der Waals surface area (Å²) in [7, 11) is 0. The minimum atomic E-state index is -0.424. The van der Waals surface area contributed by atoms with Crippen LogP contribution in [0.3, 0.4) is 0 Å². The molecule has 1 aromatic heterocycles. The first-order chi connectivity index (χ1) is 14.5. The summed E-state index contributed by atoms with van der Waals surface area (Å²) in [6, 6.07) is 5.55. The third-order valence-electron chi connectivity index (χ3n) is 5.67. The van der Waals surface area contributed by atoms with E-state index in [2.05, 4.69) is 0 Å². The Morgan fingerprint density at radius 1 is 1.03 bits per heavy atom. The van der Waals surface area contributed by atoms with E-state index in [0.717, 1.165) is 5.56 Å². The maximum Gasteiger partial charge on any atom is 0.268 e. The molecule has 158 valence electrons. The van der Waals surface area contributed by atoms with E-state index in [1.165, 1.54) is 35.8 Å². The van der Waals surface area contributed by atoms with Gasteiger partial charge in [-0.15, -0.1) is 0 Å². The van der Waals surface area contributed by atoms with Crippen LogP contribution in [0.2, 0.25) is 0 Å². The van der Waals surface area contributed by atoms with Gasteiger partial charge in [-0.25, -0.2) is 4.39 Å². The van der Waals surface area contributed by atoms with Gasteiger partial charge in [-0.05, 0) is 48.2 Å². The fraction of sp³-hybridized carbons (Fsp3) is 0.409. The molecular weight excluding hydrogens is 389 g/mol. The molecule has 0 bridgehead atoms. The van der Waals surface area contributed by atoms with Gasteiger partial charge in [-0.2, -0.15) is 0 Å². The first-order valence-corrected chi connectivity index (χ1v) is 10.1. The highest BCUT2D eigenvalue weighted by molar-refractivity contribution is 5.96. The van der Waals surface area contributed by atoms with Crippen LogP contribution in [0.5, 0.6) is 0 Å². The monoisotopic (exact) mass is 413 g/mol. The summed E-state index contributed by atoms with van der Waals surface area (Å²) < 4.78 is 20.2. The van der Waals surface area contributed by atoms with Gasteiger partial charge >= 0.3 is 0 Å². The van der Waals surface area contributed by atoms with Crippen molar-refractivity contribution in [1.82, 2.24) is 14.4 Å². The number of pyridine rings is 1. The van der Waals surface area contributed by atoms with Crippen LogP contribution < -0.4 is 5.56 Å². The van der Waals surface area contributed by atoms with Crippen molar-refractivity contribution < 1.29 is 18.7 Å². The van der Waals surface area contributed by atoms with Gasteiger partial charge < -0.3 is 14.5 Å². The molecule has 0 atom stereocenters. The first kappa shape index (κ1) is 20.3. The van der Waals surface area contributed by atoms with Crippen molar-refractivity contribution in [3.8, 4) is 5.69 Å². The van der Waals surface area contributed by atoms with E-state index < -0.39 is 11.4 Å². The predicted molar refractivity (Wildman–Crippen MR) is 108 cm³/mol. The molecule has 7 nitrogen and oxygen atoms in total. The number of halogens is 1. The Balaban J connectivity index is 1.85. The molecule has 0 radical (unpaired) electrons. The number of amides is 2. The average molecular weight is 413 g/mol. The molecule has 8 heteroatoms. The zero-order valence-corrected chi connectivity index (χ0v) is 16.9. The molecule has 1 fully saturated rings. The summed E-state index contributed by atoms with van der Waals surface area (Å²) in [5.74, 6) is -0.777. The number of carbonyl (C=O) groups is 2. The van der Waals surface area contributed by atoms with E-state index in [4.69, 9.17) is 4.74 Å². The molecule has 3 heterocycles. The third kappa shape index (κ3) is 3.87. The maximum absolute atomic E-state index is 13.4. The van der Waals surface area contributed by atoms with E-state index >= 15 is 0 Å². The number of carbonyl (C=O) groups excluding carboxylic acids is 2. The number of hydrogen-bond acceptors (Lipinski definition) is 4. The third-order valence-corrected chi connectivity index (χ3v) is 5.67. The molecule has 2 aliphatic heterocycles. The number of aromatic nitrogens is 1. The number of ether oxygens (including phenoxy) is 1. The second-order valence-corrected chi connectivity index (χ2v) is 7.61. The molecule has 0 spiro atoms. The highest BCUT2D eigenvalue weighted by Crippen LogP contribution is 2.23. The van der Waals surface area contributed by atoms with Crippen molar-refractivity contribution in [2.24, 2.45) is 0 Å². The molecular formula is C22H24FN3O4. The minimum absolute atomic E-state index is 0.0577. The van der Waals surface area contributed by atoms with Crippen molar-refractivity contribution in [3.05, 3.63) is 63.3 Å². The Kier molecular flexibility index (Phi) is 5.67. The number of fused-ring (bicyclic) bond motifs is 1. The van der Waals surface area contributed by atoms with E-state index in [-0.39, 0.29) is 17.4 Å². The Bertz CT molecular complexity index is 1020. The van der Waals surface area contributed by atoms with Crippen molar-refractivity contribution >= 4 is 11.8 Å². The quantitative estimate of drug-likeness (QED) is 0.752. The van der Waals surface area contributed by atoms with Crippen molar-refractivity contribution in [1.29, 1.82) is 0 Å². The van der Waals surface area contributed by atoms with E-state index in [1.807, 2.05) is 0 Å². The van der Waals surface area contributed by atoms with Gasteiger partial charge in [-0.3, -0.25) is 19.0 Å². The normalized spacial score (nSPS) is 16.7. The van der Waals surface area contributed by atoms with Gasteiger partial charge in [0.05, 0.1) is 6.61 Å². The summed E-state index contributed by atoms with van der Waals surface area (Å²) in [5.41, 5.74) is 1.65. The second-order valence-electron chi connectivity index (χ2n) is 7.61. The Labute approximate surface area is 173 Å². The molecule has 2 aromatic rings. The van der Waals surface area contributed by atoms with E-state index in [0.29, 0.717) is 63.5 Å². The number of benzene rings is 1. The number of hydrogen-bond donors (Lipinski definition) is 0. The topological polar surface area (TPSA) is 71.9 Å². The zero-order chi connectivity index (χ0) is 21.3. The molecule has 2 aliphatic rings. The van der Waals surface area contributed by atoms with Crippen LogP contribution in [0.4, 0.5) is 4.39 Å². The molecule has 4 rings (SSSR count). The minimum Gasteiger partial charge on any atom is -0.380 e. The SMILES string of the molecule is CC(=O)N1CCc2c(cn(-c3ccc(F)cc3)c(=O)c2C(=O)N2CCCOCC2)C1. The molecule has 0 unspecified atom stereocenters. The lowest BCUT2D eigenvalue weighted by molar-refractivity contribution is -0.129. The number of rotatable bonds is 2. The lowest BCUT2D eigenvalue weighted by Crippen LogP contribution is -2.42. The van der Waals surface area contributed by atoms with Crippen LogP contribution in [0.1, 0.15) is 34.8 Å². The van der Waals surface area contributed by atoms with Crippen LogP contribution in [-0.4, -0.2) is 59.0 Å². The second kappa shape index (κ2) is 8.39. The fourth-order valence-electron chi connectivity index (χ4n) is 4.05. The lowest BCUT2D eigenvalue weighted by Gasteiger charge is -2.30. The Hall–Kier alpha value is -3.00. The fourth-order valence-corrected chi connectivity index (χ4v) is 4.05. The zero-order valence-electron chi connectivity index (χ0n) is 16.9. The van der Waals surface area contributed by atoms with Crippen LogP contribution in [0, 0.1) is 5.82 Å². The van der Waals surface area contributed by atoms with Crippen molar-refractivity contribution in [2.45, 2.75) is 26.3 Å². The maximum atomic E-state index is 13.4. The van der Waals surface area contributed by atoms with E-state index in [1.54, 1.807) is 16.0 Å². The van der Waals surface area contributed by atoms with Gasteiger partial charge in [0.2, 0.25) is 5.91 Å². The molecule has 0 saturated carbocycles. The summed E-state index contributed by atoms with van der Waals surface area (Å²) in [4.78, 5) is 42.1. The van der Waals surface area contributed by atoms with Gasteiger partial charge in [0.25, 0.3) is 11.5 Å². The number of nitrogens with zero attached hydrogens (tertiary/aromatic N) is 3. The van der Waals surface area contributed by atoms with Crippen molar-refractivity contribution in [3.63, 3.8) is 0 Å². The summed E-state index contributed by atoms with van der Waals surface area (Å²) in [6.07, 6.45) is 2.83. The molecule has 1 aromatic carbocycles. The van der Waals surface area contributed by atoms with E-state index in [9.17, 15) is 18.8 Å². The lowest BCUT2D eigenvalue weighted by atomic mass is 9.95. The molecule has 30 heavy (non-hydrogen) atoms. The largest absolute Gasteiger partial charge is 0.380 e. The molecule has 0 aliphatic carbocycles. The predicted octanol–water partition coefficient (Wildman–Crippen LogP) is 1.74. The van der Waals surface area contributed by atoms with Crippen molar-refractivity contribution in [2.75, 3.05) is 32.8 Å². The standard InChI is InChI=1S/C22H24FN3O4/c1-15(27)25-9-7-19-16(13-25)14-26(18-5-3-17(23)4-6-18)22(29)20(19)21(28)24-8-2-11-30-12-10-24/h3-6,14H,2,7-13H2,1H3. The Morgan fingerprint density at radius 2 is 1.80 bits per heavy atom. The van der Waals surface area contributed by atoms with Gasteiger partial charge in [0.15, 0.2) is 0 Å². The van der Waals surface area contributed by atoms with Crippen LogP contribution >= 0.6 is 0 Å². The first-order valence-electron chi connectivity index (χ1n) is 10.1. The average Bonchev–Trinajstić information content (AvgIpc) is 3.03. The highest BCUT2D eigenvalue weighted by atomic mass is 19.1.